The fourth-order valence-corrected chi connectivity index (χ4v) is 3.62. The summed E-state index contributed by atoms with van der Waals surface area (Å²) in [5.41, 5.74) is 2.51. The highest BCUT2D eigenvalue weighted by Gasteiger charge is 2.63. The minimum Gasteiger partial charge on any atom is -0.393 e. The SMILES string of the molecule is CC(C)=C1C[C@@H]2[C@@H](CC[C@@H](C)O)[C@]2(C)CC1=O. The van der Waals surface area contributed by atoms with Gasteiger partial charge in [0.2, 0.25) is 0 Å². The summed E-state index contributed by atoms with van der Waals surface area (Å²) >= 11 is 0. The largest absolute Gasteiger partial charge is 0.393 e. The molecule has 17 heavy (non-hydrogen) atoms. The quantitative estimate of drug-likeness (QED) is 0.764. The Labute approximate surface area is 104 Å². The fraction of sp³-hybridized carbons (Fsp3) is 0.800. The van der Waals surface area contributed by atoms with Crippen molar-refractivity contribution in [2.45, 2.75) is 59.5 Å². The molecule has 0 aromatic heterocycles. The molecule has 4 atom stereocenters. The van der Waals surface area contributed by atoms with Gasteiger partial charge in [0.1, 0.15) is 0 Å². The maximum Gasteiger partial charge on any atom is 0.159 e. The summed E-state index contributed by atoms with van der Waals surface area (Å²) in [7, 11) is 0. The van der Waals surface area contributed by atoms with Crippen LogP contribution in [0.4, 0.5) is 0 Å². The summed E-state index contributed by atoms with van der Waals surface area (Å²) in [6, 6.07) is 0. The van der Waals surface area contributed by atoms with Crippen molar-refractivity contribution < 1.29 is 9.90 Å². The molecular formula is C15H24O2. The zero-order valence-electron chi connectivity index (χ0n) is 11.4. The van der Waals surface area contributed by atoms with Gasteiger partial charge in [0.05, 0.1) is 6.10 Å². The predicted octanol–water partition coefficient (Wildman–Crippen LogP) is 3.10. The highest BCUT2D eigenvalue weighted by molar-refractivity contribution is 5.98. The molecule has 0 heterocycles. The lowest BCUT2D eigenvalue weighted by Gasteiger charge is -2.19. The Balaban J connectivity index is 2.04. The lowest BCUT2D eigenvalue weighted by molar-refractivity contribution is -0.117. The normalized spacial score (nSPS) is 37.7. The molecule has 2 heteroatoms. The molecule has 0 saturated heterocycles. The average molecular weight is 236 g/mol. The van der Waals surface area contributed by atoms with Gasteiger partial charge in [0.15, 0.2) is 5.78 Å². The molecule has 0 unspecified atom stereocenters. The summed E-state index contributed by atoms with van der Waals surface area (Å²) in [5, 5.41) is 9.36. The predicted molar refractivity (Wildman–Crippen MR) is 68.6 cm³/mol. The molecule has 2 nitrogen and oxygen atoms in total. The molecule has 2 rings (SSSR count). The monoisotopic (exact) mass is 236 g/mol. The van der Waals surface area contributed by atoms with Crippen LogP contribution in [0.25, 0.3) is 0 Å². The lowest BCUT2D eigenvalue weighted by Crippen LogP contribution is -2.18. The van der Waals surface area contributed by atoms with Gasteiger partial charge >= 0.3 is 0 Å². The van der Waals surface area contributed by atoms with Crippen molar-refractivity contribution >= 4 is 5.78 Å². The van der Waals surface area contributed by atoms with Crippen LogP contribution in [0, 0.1) is 17.3 Å². The Kier molecular flexibility index (Phi) is 3.19. The maximum absolute atomic E-state index is 12.1. The van der Waals surface area contributed by atoms with Crippen LogP contribution in [-0.2, 0) is 4.79 Å². The molecule has 0 aliphatic heterocycles. The van der Waals surface area contributed by atoms with Gasteiger partial charge in [-0.2, -0.15) is 0 Å². The Morgan fingerprint density at radius 1 is 1.53 bits per heavy atom. The number of allylic oxidation sites excluding steroid dienone is 2. The summed E-state index contributed by atoms with van der Waals surface area (Å²) in [4.78, 5) is 12.1. The van der Waals surface area contributed by atoms with Crippen LogP contribution in [0.15, 0.2) is 11.1 Å². The Hall–Kier alpha value is -0.630. The average Bonchev–Trinajstić information content (AvgIpc) is 2.76. The first-order valence-electron chi connectivity index (χ1n) is 6.74. The number of ketones is 1. The molecule has 0 amide bonds. The summed E-state index contributed by atoms with van der Waals surface area (Å²) in [5.74, 6) is 1.70. The number of hydrogen-bond acceptors (Lipinski definition) is 2. The minimum absolute atomic E-state index is 0.208. The molecule has 2 fully saturated rings. The molecule has 2 aliphatic carbocycles. The first-order chi connectivity index (χ1) is 7.86. The zero-order valence-corrected chi connectivity index (χ0v) is 11.4. The smallest absolute Gasteiger partial charge is 0.159 e. The van der Waals surface area contributed by atoms with E-state index in [0.29, 0.717) is 17.6 Å². The van der Waals surface area contributed by atoms with E-state index in [9.17, 15) is 9.90 Å². The zero-order chi connectivity index (χ0) is 12.8. The van der Waals surface area contributed by atoms with E-state index in [1.54, 1.807) is 0 Å². The van der Waals surface area contributed by atoms with Gasteiger partial charge < -0.3 is 5.11 Å². The van der Waals surface area contributed by atoms with Crippen molar-refractivity contribution in [3.05, 3.63) is 11.1 Å². The number of fused-ring (bicyclic) bond motifs is 1. The molecule has 2 aliphatic rings. The Bertz CT molecular complexity index is 363. The minimum atomic E-state index is -0.208. The number of rotatable bonds is 3. The third kappa shape index (κ3) is 2.20. The van der Waals surface area contributed by atoms with Crippen LogP contribution in [-0.4, -0.2) is 17.0 Å². The number of hydrogen-bond donors (Lipinski definition) is 1. The van der Waals surface area contributed by atoms with E-state index in [1.807, 2.05) is 20.8 Å². The molecule has 0 bridgehead atoms. The standard InChI is InChI=1S/C15H24O2/c1-9(2)11-7-13-12(6-5-10(3)16)15(13,4)8-14(11)17/h10,12-13,16H,5-8H2,1-4H3/t10-,12-,13-,15+/m1/s1. The van der Waals surface area contributed by atoms with Gasteiger partial charge in [-0.3, -0.25) is 4.79 Å². The van der Waals surface area contributed by atoms with E-state index in [2.05, 4.69) is 6.92 Å². The molecule has 1 N–H and O–H groups in total. The van der Waals surface area contributed by atoms with Crippen LogP contribution in [0.2, 0.25) is 0 Å². The van der Waals surface area contributed by atoms with Crippen molar-refractivity contribution in [2.75, 3.05) is 0 Å². The second-order valence-corrected chi connectivity index (χ2v) is 6.43. The number of aliphatic hydroxyl groups excluding tert-OH is 1. The lowest BCUT2D eigenvalue weighted by atomic mass is 9.84. The number of carbonyl (C=O) groups is 1. The Morgan fingerprint density at radius 3 is 2.71 bits per heavy atom. The number of aliphatic hydroxyl groups is 1. The van der Waals surface area contributed by atoms with E-state index >= 15 is 0 Å². The highest BCUT2D eigenvalue weighted by atomic mass is 16.3. The van der Waals surface area contributed by atoms with Crippen LogP contribution in [0.1, 0.15) is 53.4 Å². The van der Waals surface area contributed by atoms with Crippen molar-refractivity contribution in [1.29, 1.82) is 0 Å². The first kappa shape index (κ1) is 12.8. The van der Waals surface area contributed by atoms with E-state index < -0.39 is 0 Å². The van der Waals surface area contributed by atoms with Gasteiger partial charge in [-0.1, -0.05) is 12.5 Å². The molecule has 0 radical (unpaired) electrons. The maximum atomic E-state index is 12.1. The summed E-state index contributed by atoms with van der Waals surface area (Å²) in [6.07, 6.45) is 3.43. The third-order valence-corrected chi connectivity index (χ3v) is 4.87. The van der Waals surface area contributed by atoms with E-state index in [0.717, 1.165) is 31.3 Å². The van der Waals surface area contributed by atoms with Crippen molar-refractivity contribution in [2.24, 2.45) is 17.3 Å². The summed E-state index contributed by atoms with van der Waals surface area (Å²) < 4.78 is 0. The van der Waals surface area contributed by atoms with Gasteiger partial charge in [-0.05, 0) is 62.9 Å². The topological polar surface area (TPSA) is 37.3 Å². The van der Waals surface area contributed by atoms with Gasteiger partial charge in [0.25, 0.3) is 0 Å². The van der Waals surface area contributed by atoms with Crippen molar-refractivity contribution in [3.8, 4) is 0 Å². The summed E-state index contributed by atoms with van der Waals surface area (Å²) in [6.45, 7) is 8.19. The van der Waals surface area contributed by atoms with Crippen LogP contribution in [0.5, 0.6) is 0 Å². The van der Waals surface area contributed by atoms with E-state index in [1.165, 1.54) is 5.57 Å². The molecule has 2 saturated carbocycles. The van der Waals surface area contributed by atoms with Gasteiger partial charge in [-0.25, -0.2) is 0 Å². The van der Waals surface area contributed by atoms with Crippen LogP contribution < -0.4 is 0 Å². The molecule has 96 valence electrons. The van der Waals surface area contributed by atoms with E-state index in [-0.39, 0.29) is 11.5 Å². The van der Waals surface area contributed by atoms with E-state index in [4.69, 9.17) is 0 Å². The number of carbonyl (C=O) groups excluding carboxylic acids is 1. The molecule has 0 aromatic carbocycles. The second-order valence-electron chi connectivity index (χ2n) is 6.43. The van der Waals surface area contributed by atoms with Crippen molar-refractivity contribution in [3.63, 3.8) is 0 Å². The fourth-order valence-electron chi connectivity index (χ4n) is 3.62. The molecule has 0 aromatic rings. The van der Waals surface area contributed by atoms with Gasteiger partial charge in [0, 0.05) is 6.42 Å². The number of Topliss-reactive ketones (excluding diaryl/α,β-unsaturated/α-hetero) is 1. The Morgan fingerprint density at radius 2 is 2.18 bits per heavy atom. The van der Waals surface area contributed by atoms with Crippen molar-refractivity contribution in [1.82, 2.24) is 0 Å². The van der Waals surface area contributed by atoms with Crippen LogP contribution in [0.3, 0.4) is 0 Å². The second kappa shape index (κ2) is 4.24. The molecule has 0 spiro atoms. The third-order valence-electron chi connectivity index (χ3n) is 4.87. The van der Waals surface area contributed by atoms with Gasteiger partial charge in [-0.15, -0.1) is 0 Å². The first-order valence-corrected chi connectivity index (χ1v) is 6.74. The highest BCUT2D eigenvalue weighted by Crippen LogP contribution is 2.68. The molecular weight excluding hydrogens is 212 g/mol. The van der Waals surface area contributed by atoms with Crippen LogP contribution >= 0.6 is 0 Å².